The lowest BCUT2D eigenvalue weighted by molar-refractivity contribution is 0.0915. The SMILES string of the molecule is CC1CCc2cccc(P(P)PP)c2C1=O. The lowest BCUT2D eigenvalue weighted by atomic mass is 9.84. The predicted octanol–water partition coefficient (Wildman–Crippen LogP) is 3.73. The number of benzene rings is 1. The van der Waals surface area contributed by atoms with E-state index < -0.39 is 0 Å². The molecule has 0 saturated carbocycles. The third-order valence-corrected chi connectivity index (χ3v) is 13.2. The molecule has 1 nitrogen and oxygen atoms in total. The molecule has 0 N–H and O–H groups in total. The van der Waals surface area contributed by atoms with E-state index in [-0.39, 0.29) is 13.2 Å². The van der Waals surface area contributed by atoms with Crippen molar-refractivity contribution in [2.24, 2.45) is 5.92 Å². The summed E-state index contributed by atoms with van der Waals surface area (Å²) in [4.78, 5) is 12.3. The molecule has 0 spiro atoms. The van der Waals surface area contributed by atoms with Crippen LogP contribution in [-0.2, 0) is 6.42 Å². The van der Waals surface area contributed by atoms with Crippen LogP contribution >= 0.6 is 33.1 Å². The molecule has 0 heterocycles. The van der Waals surface area contributed by atoms with Crippen LogP contribution in [0.1, 0.15) is 29.3 Å². The molecule has 0 radical (unpaired) electrons. The van der Waals surface area contributed by atoms with Crippen LogP contribution in [0.5, 0.6) is 0 Å². The second kappa shape index (κ2) is 5.50. The minimum Gasteiger partial charge on any atom is -0.294 e. The van der Waals surface area contributed by atoms with Gasteiger partial charge < -0.3 is 0 Å². The summed E-state index contributed by atoms with van der Waals surface area (Å²) >= 11 is 0. The molecule has 86 valence electrons. The topological polar surface area (TPSA) is 17.1 Å². The molecular weight excluding hydrogens is 272 g/mol. The minimum atomic E-state index is -0.247. The van der Waals surface area contributed by atoms with Gasteiger partial charge in [-0.15, -0.1) is 17.9 Å². The van der Waals surface area contributed by atoms with Crippen molar-refractivity contribution in [3.8, 4) is 0 Å². The molecule has 1 aliphatic carbocycles. The Kier molecular flexibility index (Phi) is 4.49. The molecule has 1 aliphatic rings. The Hall–Kier alpha value is 0.610. The molecular formula is C11H16OP4. The first-order valence-electron chi connectivity index (χ1n) is 5.32. The molecule has 5 atom stereocenters. The highest BCUT2D eigenvalue weighted by Crippen LogP contribution is 2.65. The normalized spacial score (nSPS) is 22.4. The molecule has 16 heavy (non-hydrogen) atoms. The van der Waals surface area contributed by atoms with Gasteiger partial charge in [-0.1, -0.05) is 33.1 Å². The fraction of sp³-hybridized carbons (Fsp3) is 0.364. The fourth-order valence-corrected chi connectivity index (χ4v) is 5.85. The van der Waals surface area contributed by atoms with Crippen molar-refractivity contribution in [2.75, 3.05) is 0 Å². The van der Waals surface area contributed by atoms with Gasteiger partial charge in [0.05, 0.1) is 0 Å². The Morgan fingerprint density at radius 3 is 2.94 bits per heavy atom. The Bertz CT molecular complexity index is 418. The zero-order valence-electron chi connectivity index (χ0n) is 9.23. The lowest BCUT2D eigenvalue weighted by Gasteiger charge is -2.24. The van der Waals surface area contributed by atoms with Crippen LogP contribution in [0.2, 0.25) is 0 Å². The molecule has 1 aromatic rings. The first-order valence-corrected chi connectivity index (χ1v) is 11.9. The number of rotatable bonds is 2. The smallest absolute Gasteiger partial charge is 0.166 e. The van der Waals surface area contributed by atoms with Crippen LogP contribution in [0.15, 0.2) is 18.2 Å². The van der Waals surface area contributed by atoms with Gasteiger partial charge in [0.2, 0.25) is 0 Å². The summed E-state index contributed by atoms with van der Waals surface area (Å²) in [5, 5.41) is 1.28. The van der Waals surface area contributed by atoms with Crippen molar-refractivity contribution in [1.29, 1.82) is 0 Å². The Labute approximate surface area is 104 Å². The maximum Gasteiger partial charge on any atom is 0.166 e. The van der Waals surface area contributed by atoms with Gasteiger partial charge in [0.25, 0.3) is 0 Å². The summed E-state index contributed by atoms with van der Waals surface area (Å²) in [6, 6.07) is 6.34. The Balaban J connectivity index is 2.52. The van der Waals surface area contributed by atoms with E-state index in [2.05, 4.69) is 43.0 Å². The van der Waals surface area contributed by atoms with E-state index >= 15 is 0 Å². The number of carbonyl (C=O) groups excluding carboxylic acids is 1. The van der Waals surface area contributed by atoms with Gasteiger partial charge in [-0.25, -0.2) is 0 Å². The maximum atomic E-state index is 12.3. The number of Topliss-reactive ketones (excluding diaryl/α,β-unsaturated/α-hetero) is 1. The standard InChI is InChI=1S/C11H16OP4/c1-7-5-6-8-3-2-4-9(16(14)15-13)10(8)11(7)12/h2-4,7,15H,5-6,13-14H2,1H3. The van der Waals surface area contributed by atoms with E-state index in [1.54, 1.807) is 0 Å². The van der Waals surface area contributed by atoms with E-state index in [1.807, 2.05) is 0 Å². The molecule has 0 saturated heterocycles. The quantitative estimate of drug-likeness (QED) is 0.758. The van der Waals surface area contributed by atoms with E-state index in [4.69, 9.17) is 0 Å². The van der Waals surface area contributed by atoms with Gasteiger partial charge >= 0.3 is 0 Å². The maximum absolute atomic E-state index is 12.3. The minimum absolute atomic E-state index is 0.204. The highest BCUT2D eigenvalue weighted by Gasteiger charge is 2.27. The summed E-state index contributed by atoms with van der Waals surface area (Å²) in [6.45, 7) is 2.05. The van der Waals surface area contributed by atoms with Crippen LogP contribution in [0, 0.1) is 5.92 Å². The van der Waals surface area contributed by atoms with Crippen molar-refractivity contribution < 1.29 is 4.79 Å². The van der Waals surface area contributed by atoms with Crippen LogP contribution in [0.25, 0.3) is 0 Å². The molecule has 0 amide bonds. The fourth-order valence-electron chi connectivity index (χ4n) is 2.10. The second-order valence-electron chi connectivity index (χ2n) is 4.11. The van der Waals surface area contributed by atoms with Gasteiger partial charge in [0.15, 0.2) is 5.78 Å². The average Bonchev–Trinajstić information content (AvgIpc) is 2.32. The first-order chi connectivity index (χ1) is 7.65. The van der Waals surface area contributed by atoms with Gasteiger partial charge in [0, 0.05) is 11.5 Å². The van der Waals surface area contributed by atoms with Crippen molar-refractivity contribution in [1.82, 2.24) is 0 Å². The van der Waals surface area contributed by atoms with Crippen molar-refractivity contribution in [3.05, 3.63) is 29.3 Å². The summed E-state index contributed by atoms with van der Waals surface area (Å²) in [5.41, 5.74) is 2.30. The van der Waals surface area contributed by atoms with Crippen molar-refractivity contribution in [2.45, 2.75) is 19.8 Å². The molecule has 0 aromatic heterocycles. The van der Waals surface area contributed by atoms with Crippen LogP contribution in [0.3, 0.4) is 0 Å². The molecule has 0 bridgehead atoms. The van der Waals surface area contributed by atoms with Gasteiger partial charge in [-0.05, 0) is 31.0 Å². The van der Waals surface area contributed by atoms with Crippen LogP contribution < -0.4 is 5.30 Å². The molecule has 2 rings (SSSR count). The summed E-state index contributed by atoms with van der Waals surface area (Å²) in [5.74, 6) is 0.560. The van der Waals surface area contributed by atoms with E-state index in [0.29, 0.717) is 5.78 Å². The number of ketones is 1. The number of hydrogen-bond donors (Lipinski definition) is 0. The third kappa shape index (κ3) is 2.40. The highest BCUT2D eigenvalue weighted by molar-refractivity contribution is 8.63. The van der Waals surface area contributed by atoms with Gasteiger partial charge in [-0.3, -0.25) is 4.79 Å². The summed E-state index contributed by atoms with van der Waals surface area (Å²) in [6.07, 6.45) is 2.07. The molecule has 5 unspecified atom stereocenters. The molecule has 1 aromatic carbocycles. The zero-order valence-corrected chi connectivity index (χ0v) is 13.4. The zero-order chi connectivity index (χ0) is 11.7. The largest absolute Gasteiger partial charge is 0.294 e. The van der Waals surface area contributed by atoms with Crippen molar-refractivity contribution >= 4 is 44.2 Å². The molecule has 0 fully saturated rings. The number of fused-ring (bicyclic) bond motifs is 1. The Morgan fingerprint density at radius 2 is 2.25 bits per heavy atom. The van der Waals surface area contributed by atoms with E-state index in [9.17, 15) is 4.79 Å². The first kappa shape index (κ1) is 13.1. The molecule has 5 heteroatoms. The van der Waals surface area contributed by atoms with Crippen LogP contribution in [-0.4, -0.2) is 5.78 Å². The number of carbonyl (C=O) groups is 1. The monoisotopic (exact) mass is 288 g/mol. The van der Waals surface area contributed by atoms with Gasteiger partial charge in [0.1, 0.15) is 0 Å². The molecule has 0 aliphatic heterocycles. The summed E-state index contributed by atoms with van der Waals surface area (Å²) in [7, 11) is 6.27. The Morgan fingerprint density at radius 1 is 1.50 bits per heavy atom. The van der Waals surface area contributed by atoms with Crippen molar-refractivity contribution in [3.63, 3.8) is 0 Å². The average molecular weight is 288 g/mol. The predicted molar refractivity (Wildman–Crippen MR) is 82.5 cm³/mol. The van der Waals surface area contributed by atoms with E-state index in [0.717, 1.165) is 26.4 Å². The lowest BCUT2D eigenvalue weighted by Crippen LogP contribution is -2.25. The van der Waals surface area contributed by atoms with Gasteiger partial charge in [-0.2, -0.15) is 0 Å². The number of aryl methyl sites for hydroxylation is 1. The second-order valence-corrected chi connectivity index (χ2v) is 13.2. The third-order valence-electron chi connectivity index (χ3n) is 3.07. The van der Waals surface area contributed by atoms with E-state index in [1.165, 1.54) is 10.9 Å². The summed E-state index contributed by atoms with van der Waals surface area (Å²) < 4.78 is 0. The number of hydrogen-bond acceptors (Lipinski definition) is 1. The van der Waals surface area contributed by atoms with Crippen LogP contribution in [0.4, 0.5) is 0 Å². The highest BCUT2D eigenvalue weighted by atomic mass is 32.6.